The third kappa shape index (κ3) is 3.89. The number of alkyl halides is 1. The number of carbonyl (C=O) groups is 1. The van der Waals surface area contributed by atoms with Crippen LogP contribution in [0.3, 0.4) is 0 Å². The van der Waals surface area contributed by atoms with E-state index in [0.717, 1.165) is 21.3 Å². The number of halogens is 2. The first kappa shape index (κ1) is 16.1. The second-order valence-corrected chi connectivity index (χ2v) is 6.00. The minimum absolute atomic E-state index is 0.220. The van der Waals surface area contributed by atoms with Gasteiger partial charge in [-0.25, -0.2) is 4.79 Å². The van der Waals surface area contributed by atoms with Crippen LogP contribution in [-0.4, -0.2) is 22.1 Å². The largest absolute Gasteiger partial charge is 0.493 e. The molecule has 0 heterocycles. The summed E-state index contributed by atoms with van der Waals surface area (Å²) in [6.45, 7) is 2.62. The van der Waals surface area contributed by atoms with Crippen molar-refractivity contribution >= 4 is 40.2 Å². The second-order valence-electron chi connectivity index (χ2n) is 4.52. The van der Waals surface area contributed by atoms with Gasteiger partial charge in [-0.05, 0) is 48.4 Å². The average Bonchev–Trinajstić information content (AvgIpc) is 2.46. The van der Waals surface area contributed by atoms with Crippen molar-refractivity contribution in [3.8, 4) is 16.9 Å². The Balaban J connectivity index is 2.40. The predicted molar refractivity (Wildman–Crippen MR) is 93.0 cm³/mol. The Labute approximate surface area is 142 Å². The molecule has 110 valence electrons. The van der Waals surface area contributed by atoms with E-state index in [-0.39, 0.29) is 5.56 Å². The molecule has 0 saturated carbocycles. The molecule has 2 aromatic carbocycles. The summed E-state index contributed by atoms with van der Waals surface area (Å²) in [4.78, 5) is 11.1. The fraction of sp³-hybridized carbons (Fsp3) is 0.188. The maximum absolute atomic E-state index is 11.1. The Kier molecular flexibility index (Phi) is 5.47. The van der Waals surface area contributed by atoms with Crippen LogP contribution in [0.4, 0.5) is 0 Å². The number of hydrogen-bond acceptors (Lipinski definition) is 2. The lowest BCUT2D eigenvalue weighted by Gasteiger charge is -2.11. The molecule has 5 heteroatoms. The lowest BCUT2D eigenvalue weighted by Crippen LogP contribution is -1.99. The minimum atomic E-state index is -0.966. The number of carboxylic acid groups (broad SMARTS) is 1. The Bertz CT molecular complexity index is 671. The zero-order valence-electron chi connectivity index (χ0n) is 11.4. The number of hydrogen-bond donors (Lipinski definition) is 1. The van der Waals surface area contributed by atoms with Crippen LogP contribution in [0.5, 0.6) is 5.75 Å². The standard InChI is InChI=1S/C16H14ClIO3/c1-10-8-11(3-5-15(10)21-7-6-18)13-9-12(16(19)20)2-4-14(13)17/h2-5,8-9H,6-7H2,1H3,(H,19,20). The van der Waals surface area contributed by atoms with E-state index >= 15 is 0 Å². The van der Waals surface area contributed by atoms with E-state index in [9.17, 15) is 4.79 Å². The topological polar surface area (TPSA) is 46.5 Å². The van der Waals surface area contributed by atoms with Crippen LogP contribution in [0.1, 0.15) is 15.9 Å². The van der Waals surface area contributed by atoms with Crippen molar-refractivity contribution in [1.29, 1.82) is 0 Å². The molecule has 0 unspecified atom stereocenters. The molecule has 1 N–H and O–H groups in total. The zero-order chi connectivity index (χ0) is 15.4. The maximum atomic E-state index is 11.1. The van der Waals surface area contributed by atoms with E-state index in [2.05, 4.69) is 22.6 Å². The van der Waals surface area contributed by atoms with Gasteiger partial charge >= 0.3 is 5.97 Å². The predicted octanol–water partition coefficient (Wildman–Crippen LogP) is 4.83. The van der Waals surface area contributed by atoms with E-state index in [4.69, 9.17) is 21.4 Å². The fourth-order valence-electron chi connectivity index (χ4n) is 2.01. The van der Waals surface area contributed by atoms with Crippen molar-refractivity contribution in [1.82, 2.24) is 0 Å². The van der Waals surface area contributed by atoms with Gasteiger partial charge in [-0.3, -0.25) is 0 Å². The number of aromatic carboxylic acids is 1. The first-order valence-electron chi connectivity index (χ1n) is 6.35. The van der Waals surface area contributed by atoms with E-state index < -0.39 is 5.97 Å². The average molecular weight is 417 g/mol. The summed E-state index contributed by atoms with van der Waals surface area (Å²) in [5.41, 5.74) is 2.80. The van der Waals surface area contributed by atoms with E-state index in [1.165, 1.54) is 6.07 Å². The van der Waals surface area contributed by atoms with Gasteiger partial charge in [0.15, 0.2) is 0 Å². The molecular formula is C16H14ClIO3. The molecular weight excluding hydrogens is 403 g/mol. The highest BCUT2D eigenvalue weighted by Gasteiger charge is 2.10. The Morgan fingerprint density at radius 2 is 2.05 bits per heavy atom. The van der Waals surface area contributed by atoms with Gasteiger partial charge in [0.05, 0.1) is 12.2 Å². The molecule has 0 bridgehead atoms. The molecule has 0 aliphatic rings. The number of carboxylic acids is 1. The minimum Gasteiger partial charge on any atom is -0.493 e. The molecule has 0 spiro atoms. The quantitative estimate of drug-likeness (QED) is 0.561. The van der Waals surface area contributed by atoms with Gasteiger partial charge in [0.1, 0.15) is 5.75 Å². The highest BCUT2D eigenvalue weighted by atomic mass is 127. The van der Waals surface area contributed by atoms with Gasteiger partial charge in [0.2, 0.25) is 0 Å². The summed E-state index contributed by atoms with van der Waals surface area (Å²) in [7, 11) is 0. The highest BCUT2D eigenvalue weighted by Crippen LogP contribution is 2.32. The summed E-state index contributed by atoms with van der Waals surface area (Å²) in [5.74, 6) is -0.132. The van der Waals surface area contributed by atoms with E-state index in [1.807, 2.05) is 25.1 Å². The van der Waals surface area contributed by atoms with Crippen molar-refractivity contribution in [2.75, 3.05) is 11.0 Å². The second kappa shape index (κ2) is 7.13. The first-order valence-corrected chi connectivity index (χ1v) is 8.26. The molecule has 0 aliphatic carbocycles. The Morgan fingerprint density at radius 3 is 2.67 bits per heavy atom. The lowest BCUT2D eigenvalue weighted by molar-refractivity contribution is 0.0697. The molecule has 21 heavy (non-hydrogen) atoms. The van der Waals surface area contributed by atoms with Crippen LogP contribution in [0, 0.1) is 6.92 Å². The van der Waals surface area contributed by atoms with Gasteiger partial charge in [-0.1, -0.05) is 40.3 Å². The molecule has 0 aliphatic heterocycles. The van der Waals surface area contributed by atoms with Crippen LogP contribution in [0.25, 0.3) is 11.1 Å². The molecule has 3 nitrogen and oxygen atoms in total. The van der Waals surface area contributed by atoms with Gasteiger partial charge in [0, 0.05) is 15.0 Å². The summed E-state index contributed by atoms with van der Waals surface area (Å²) in [5, 5.41) is 9.61. The molecule has 2 aromatic rings. The number of benzene rings is 2. The smallest absolute Gasteiger partial charge is 0.335 e. The van der Waals surface area contributed by atoms with E-state index in [1.54, 1.807) is 12.1 Å². The van der Waals surface area contributed by atoms with Crippen molar-refractivity contribution in [2.24, 2.45) is 0 Å². The molecule has 0 saturated heterocycles. The Morgan fingerprint density at radius 1 is 1.29 bits per heavy atom. The zero-order valence-corrected chi connectivity index (χ0v) is 14.3. The van der Waals surface area contributed by atoms with Crippen molar-refractivity contribution in [2.45, 2.75) is 6.92 Å². The molecule has 0 atom stereocenters. The van der Waals surface area contributed by atoms with Crippen molar-refractivity contribution in [3.05, 3.63) is 52.5 Å². The normalized spacial score (nSPS) is 10.4. The van der Waals surface area contributed by atoms with Crippen LogP contribution in [0.15, 0.2) is 36.4 Å². The van der Waals surface area contributed by atoms with Gasteiger partial charge < -0.3 is 9.84 Å². The molecule has 0 fully saturated rings. The third-order valence-corrected chi connectivity index (χ3v) is 3.80. The van der Waals surface area contributed by atoms with Crippen molar-refractivity contribution < 1.29 is 14.6 Å². The van der Waals surface area contributed by atoms with E-state index in [0.29, 0.717) is 17.2 Å². The molecule has 2 rings (SSSR count). The SMILES string of the molecule is Cc1cc(-c2cc(C(=O)O)ccc2Cl)ccc1OCCI. The maximum Gasteiger partial charge on any atom is 0.335 e. The first-order chi connectivity index (χ1) is 10.0. The van der Waals surface area contributed by atoms with Crippen LogP contribution in [0.2, 0.25) is 5.02 Å². The highest BCUT2D eigenvalue weighted by molar-refractivity contribution is 14.1. The van der Waals surface area contributed by atoms with Crippen LogP contribution < -0.4 is 4.74 Å². The van der Waals surface area contributed by atoms with Crippen LogP contribution in [-0.2, 0) is 0 Å². The van der Waals surface area contributed by atoms with Gasteiger partial charge in [0.25, 0.3) is 0 Å². The Hall–Kier alpha value is -1.27. The summed E-state index contributed by atoms with van der Waals surface area (Å²) < 4.78 is 6.56. The van der Waals surface area contributed by atoms with Gasteiger partial charge in [-0.15, -0.1) is 0 Å². The number of ether oxygens (including phenoxy) is 1. The number of aryl methyl sites for hydroxylation is 1. The third-order valence-electron chi connectivity index (χ3n) is 3.03. The molecule has 0 amide bonds. The number of rotatable bonds is 5. The summed E-state index contributed by atoms with van der Waals surface area (Å²) in [6, 6.07) is 10.4. The molecule has 0 radical (unpaired) electrons. The summed E-state index contributed by atoms with van der Waals surface area (Å²) >= 11 is 8.44. The molecule has 0 aromatic heterocycles. The summed E-state index contributed by atoms with van der Waals surface area (Å²) in [6.07, 6.45) is 0. The monoisotopic (exact) mass is 416 g/mol. The van der Waals surface area contributed by atoms with Crippen molar-refractivity contribution in [3.63, 3.8) is 0 Å². The lowest BCUT2D eigenvalue weighted by atomic mass is 10.0. The van der Waals surface area contributed by atoms with Crippen LogP contribution >= 0.6 is 34.2 Å². The van der Waals surface area contributed by atoms with Gasteiger partial charge in [-0.2, -0.15) is 0 Å². The fourth-order valence-corrected chi connectivity index (χ4v) is 2.45.